The van der Waals surface area contributed by atoms with Crippen molar-refractivity contribution < 1.29 is 19.4 Å². The summed E-state index contributed by atoms with van der Waals surface area (Å²) in [4.78, 5) is 25.4. The molecule has 1 aliphatic heterocycles. The average Bonchev–Trinajstić information content (AvgIpc) is 2.66. The molecule has 0 radical (unpaired) electrons. The summed E-state index contributed by atoms with van der Waals surface area (Å²) in [5.74, 6) is -0.845. The van der Waals surface area contributed by atoms with E-state index in [1.807, 2.05) is 30.3 Å². The van der Waals surface area contributed by atoms with Crippen molar-refractivity contribution in [3.8, 4) is 0 Å². The van der Waals surface area contributed by atoms with Crippen LogP contribution in [-0.4, -0.2) is 34.5 Å². The van der Waals surface area contributed by atoms with E-state index in [1.54, 1.807) is 18.7 Å². The quantitative estimate of drug-likeness (QED) is 0.844. The van der Waals surface area contributed by atoms with E-state index in [1.165, 1.54) is 0 Å². The molecule has 0 aliphatic carbocycles. The van der Waals surface area contributed by atoms with Crippen LogP contribution in [0.25, 0.3) is 0 Å². The molecular weight excluding hydrogens is 270 g/mol. The van der Waals surface area contributed by atoms with E-state index in [-0.39, 0.29) is 30.3 Å². The van der Waals surface area contributed by atoms with Gasteiger partial charge in [0.15, 0.2) is 0 Å². The molecule has 0 unspecified atom stereocenters. The van der Waals surface area contributed by atoms with E-state index in [9.17, 15) is 14.7 Å². The lowest BCUT2D eigenvalue weighted by Gasteiger charge is -2.22. The van der Waals surface area contributed by atoms with Crippen molar-refractivity contribution in [1.29, 1.82) is 0 Å². The zero-order valence-corrected chi connectivity index (χ0v) is 12.2. The van der Waals surface area contributed by atoms with Gasteiger partial charge in [-0.3, -0.25) is 9.59 Å². The van der Waals surface area contributed by atoms with Gasteiger partial charge < -0.3 is 14.7 Å². The van der Waals surface area contributed by atoms with Gasteiger partial charge in [0.2, 0.25) is 0 Å². The van der Waals surface area contributed by atoms with E-state index in [0.29, 0.717) is 6.54 Å². The number of aliphatic hydroxyl groups excluding tert-OH is 1. The van der Waals surface area contributed by atoms with Crippen LogP contribution in [0.5, 0.6) is 0 Å². The third-order valence-corrected chi connectivity index (χ3v) is 3.51. The Hall–Kier alpha value is -2.30. The highest BCUT2D eigenvalue weighted by atomic mass is 16.5. The van der Waals surface area contributed by atoms with Crippen LogP contribution in [0.15, 0.2) is 41.7 Å². The molecule has 112 valence electrons. The Bertz CT molecular complexity index is 565. The van der Waals surface area contributed by atoms with Crippen LogP contribution in [0.4, 0.5) is 0 Å². The van der Waals surface area contributed by atoms with Crippen LogP contribution in [-0.2, 0) is 20.9 Å². The van der Waals surface area contributed by atoms with Crippen LogP contribution in [0, 0.1) is 0 Å². The third kappa shape index (κ3) is 3.24. The first-order valence-corrected chi connectivity index (χ1v) is 6.97. The largest absolute Gasteiger partial charge is 0.510 e. The highest BCUT2D eigenvalue weighted by Gasteiger charge is 2.37. The normalized spacial score (nSPS) is 18.3. The van der Waals surface area contributed by atoms with Gasteiger partial charge in [-0.05, 0) is 19.4 Å². The average molecular weight is 289 g/mol. The molecule has 1 aromatic rings. The molecule has 1 heterocycles. The smallest absolute Gasteiger partial charge is 0.310 e. The number of nitrogens with zero attached hydrogens (tertiary/aromatic N) is 1. The first kappa shape index (κ1) is 15.1. The standard InChI is InChI=1S/C16H19NO4/c1-3-21-14(18)9-13-15(19)11(2)17(16(13)20)10-12-7-5-4-6-8-12/h4-8,11,19H,3,9-10H2,1-2H3/t11-/m1/s1. The van der Waals surface area contributed by atoms with Crippen LogP contribution in [0.2, 0.25) is 0 Å². The Morgan fingerprint density at radius 3 is 2.62 bits per heavy atom. The fourth-order valence-corrected chi connectivity index (χ4v) is 2.37. The van der Waals surface area contributed by atoms with Crippen LogP contribution in [0.1, 0.15) is 25.8 Å². The Balaban J connectivity index is 2.11. The molecule has 1 N–H and O–H groups in total. The zero-order valence-electron chi connectivity index (χ0n) is 12.2. The molecule has 1 atom stereocenters. The summed E-state index contributed by atoms with van der Waals surface area (Å²) in [7, 11) is 0. The Kier molecular flexibility index (Phi) is 4.62. The van der Waals surface area contributed by atoms with E-state index in [2.05, 4.69) is 0 Å². The third-order valence-electron chi connectivity index (χ3n) is 3.51. The van der Waals surface area contributed by atoms with Gasteiger partial charge >= 0.3 is 5.97 Å². The number of carbonyl (C=O) groups excluding carboxylic acids is 2. The molecule has 0 fully saturated rings. The lowest BCUT2D eigenvalue weighted by molar-refractivity contribution is -0.143. The SMILES string of the molecule is CCOC(=O)CC1=C(O)[C@@H](C)N(Cc2ccccc2)C1=O. The van der Waals surface area contributed by atoms with Crippen LogP contribution >= 0.6 is 0 Å². The van der Waals surface area contributed by atoms with Gasteiger partial charge in [0.1, 0.15) is 5.76 Å². The molecular formula is C16H19NO4. The molecule has 0 bridgehead atoms. The molecule has 2 rings (SSSR count). The van der Waals surface area contributed by atoms with Crippen molar-refractivity contribution in [2.45, 2.75) is 32.9 Å². The van der Waals surface area contributed by atoms with Crippen molar-refractivity contribution in [3.63, 3.8) is 0 Å². The molecule has 5 heteroatoms. The first-order valence-electron chi connectivity index (χ1n) is 6.97. The molecule has 0 saturated carbocycles. The van der Waals surface area contributed by atoms with Gasteiger partial charge in [-0.1, -0.05) is 30.3 Å². The molecule has 0 saturated heterocycles. The molecule has 0 aromatic heterocycles. The summed E-state index contributed by atoms with van der Waals surface area (Å²) in [5, 5.41) is 10.1. The number of rotatable bonds is 5. The number of ether oxygens (including phenoxy) is 1. The number of hydrogen-bond donors (Lipinski definition) is 1. The monoisotopic (exact) mass is 289 g/mol. The minimum Gasteiger partial charge on any atom is -0.510 e. The van der Waals surface area contributed by atoms with E-state index in [0.717, 1.165) is 5.56 Å². The number of esters is 1. The lowest BCUT2D eigenvalue weighted by Crippen LogP contribution is -2.33. The topological polar surface area (TPSA) is 66.8 Å². The maximum Gasteiger partial charge on any atom is 0.310 e. The van der Waals surface area contributed by atoms with Gasteiger partial charge in [0, 0.05) is 6.54 Å². The highest BCUT2D eigenvalue weighted by Crippen LogP contribution is 2.28. The van der Waals surface area contributed by atoms with E-state index < -0.39 is 12.0 Å². The summed E-state index contributed by atoms with van der Waals surface area (Å²) in [6.45, 7) is 4.10. The number of hydrogen-bond acceptors (Lipinski definition) is 4. The van der Waals surface area contributed by atoms with Crippen molar-refractivity contribution >= 4 is 11.9 Å². The predicted molar refractivity (Wildman–Crippen MR) is 77.4 cm³/mol. The van der Waals surface area contributed by atoms with Crippen molar-refractivity contribution in [2.24, 2.45) is 0 Å². The number of carbonyl (C=O) groups is 2. The summed E-state index contributed by atoms with van der Waals surface area (Å²) >= 11 is 0. The summed E-state index contributed by atoms with van der Waals surface area (Å²) in [5.41, 5.74) is 1.11. The highest BCUT2D eigenvalue weighted by molar-refractivity contribution is 6.00. The van der Waals surface area contributed by atoms with Gasteiger partial charge in [-0.25, -0.2) is 0 Å². The molecule has 1 amide bonds. The molecule has 21 heavy (non-hydrogen) atoms. The van der Waals surface area contributed by atoms with Crippen molar-refractivity contribution in [2.75, 3.05) is 6.61 Å². The zero-order chi connectivity index (χ0) is 15.4. The van der Waals surface area contributed by atoms with E-state index >= 15 is 0 Å². The summed E-state index contributed by atoms with van der Waals surface area (Å²) < 4.78 is 4.83. The van der Waals surface area contributed by atoms with Gasteiger partial charge in [-0.15, -0.1) is 0 Å². The summed E-state index contributed by atoms with van der Waals surface area (Å²) in [6, 6.07) is 9.10. The second-order valence-corrected chi connectivity index (χ2v) is 4.94. The summed E-state index contributed by atoms with van der Waals surface area (Å²) in [6.07, 6.45) is -0.186. The molecule has 1 aromatic carbocycles. The maximum absolute atomic E-state index is 12.4. The van der Waals surface area contributed by atoms with Gasteiger partial charge in [-0.2, -0.15) is 0 Å². The minimum atomic E-state index is -0.499. The predicted octanol–water partition coefficient (Wildman–Crippen LogP) is 2.18. The van der Waals surface area contributed by atoms with E-state index in [4.69, 9.17) is 4.74 Å². The lowest BCUT2D eigenvalue weighted by atomic mass is 10.1. The fraction of sp³-hybridized carbons (Fsp3) is 0.375. The first-order chi connectivity index (χ1) is 10.0. The number of amides is 1. The van der Waals surface area contributed by atoms with Crippen LogP contribution in [0.3, 0.4) is 0 Å². The number of benzene rings is 1. The number of aliphatic hydroxyl groups is 1. The van der Waals surface area contributed by atoms with Crippen molar-refractivity contribution in [3.05, 3.63) is 47.2 Å². The van der Waals surface area contributed by atoms with Crippen molar-refractivity contribution in [1.82, 2.24) is 4.90 Å². The second kappa shape index (κ2) is 6.43. The maximum atomic E-state index is 12.4. The fourth-order valence-electron chi connectivity index (χ4n) is 2.37. The Morgan fingerprint density at radius 1 is 1.33 bits per heavy atom. The van der Waals surface area contributed by atoms with Crippen LogP contribution < -0.4 is 0 Å². The second-order valence-electron chi connectivity index (χ2n) is 4.94. The van der Waals surface area contributed by atoms with Gasteiger partial charge in [0.25, 0.3) is 5.91 Å². The molecule has 1 aliphatic rings. The Morgan fingerprint density at radius 2 is 2.00 bits per heavy atom. The Labute approximate surface area is 123 Å². The van der Waals surface area contributed by atoms with Gasteiger partial charge in [0.05, 0.1) is 24.6 Å². The molecule has 5 nitrogen and oxygen atoms in total. The minimum absolute atomic E-state index is 0.0380. The molecule has 0 spiro atoms.